The molecule has 2 aromatic carbocycles. The van der Waals surface area contributed by atoms with Crippen LogP contribution in [0.15, 0.2) is 42.6 Å². The number of aromatic nitrogens is 2. The highest BCUT2D eigenvalue weighted by molar-refractivity contribution is 5.88. The number of aromatic amines is 1. The summed E-state index contributed by atoms with van der Waals surface area (Å²) in [7, 11) is 0. The van der Waals surface area contributed by atoms with Crippen LogP contribution in [0.1, 0.15) is 11.1 Å². The van der Waals surface area contributed by atoms with E-state index >= 15 is 0 Å². The third-order valence-electron chi connectivity index (χ3n) is 3.42. The Hall–Kier alpha value is -2.49. The number of nitrogen functional groups attached to an aromatic ring is 1. The summed E-state index contributed by atoms with van der Waals surface area (Å²) in [4.78, 5) is 0. The molecule has 0 saturated carbocycles. The van der Waals surface area contributed by atoms with Gasteiger partial charge in [0, 0.05) is 11.9 Å². The van der Waals surface area contributed by atoms with Crippen LogP contribution in [0.3, 0.4) is 0 Å². The monoisotopic (exact) mass is 266 g/mol. The maximum atomic E-state index is 6.05. The van der Waals surface area contributed by atoms with E-state index < -0.39 is 0 Å². The number of hydrogen-bond acceptors (Lipinski definition) is 3. The molecule has 0 aliphatic carbocycles. The van der Waals surface area contributed by atoms with Crippen molar-refractivity contribution >= 4 is 22.3 Å². The van der Waals surface area contributed by atoms with E-state index in [1.807, 2.05) is 12.1 Å². The molecule has 0 radical (unpaired) electrons. The zero-order valence-corrected chi connectivity index (χ0v) is 11.5. The van der Waals surface area contributed by atoms with Gasteiger partial charge in [-0.05, 0) is 31.0 Å². The van der Waals surface area contributed by atoms with E-state index in [0.717, 1.165) is 35.2 Å². The molecular formula is C16H18N4. The van der Waals surface area contributed by atoms with Crippen LogP contribution in [0, 0.1) is 6.92 Å². The Labute approximate surface area is 118 Å². The Morgan fingerprint density at radius 3 is 3.00 bits per heavy atom. The summed E-state index contributed by atoms with van der Waals surface area (Å²) >= 11 is 0. The van der Waals surface area contributed by atoms with Crippen LogP contribution >= 0.6 is 0 Å². The zero-order chi connectivity index (χ0) is 13.9. The zero-order valence-electron chi connectivity index (χ0n) is 11.5. The van der Waals surface area contributed by atoms with Gasteiger partial charge in [-0.15, -0.1) is 0 Å². The molecule has 0 amide bonds. The topological polar surface area (TPSA) is 66.7 Å². The maximum absolute atomic E-state index is 6.05. The molecule has 4 nitrogen and oxygen atoms in total. The molecular weight excluding hydrogens is 248 g/mol. The summed E-state index contributed by atoms with van der Waals surface area (Å²) in [5, 5.41) is 11.4. The highest BCUT2D eigenvalue weighted by atomic mass is 15.1. The third kappa shape index (κ3) is 2.59. The fourth-order valence-electron chi connectivity index (χ4n) is 2.37. The lowest BCUT2D eigenvalue weighted by atomic mass is 10.1. The Kier molecular flexibility index (Phi) is 3.29. The van der Waals surface area contributed by atoms with Crippen LogP contribution < -0.4 is 11.1 Å². The van der Waals surface area contributed by atoms with Gasteiger partial charge in [0.1, 0.15) is 0 Å². The maximum Gasteiger partial charge on any atom is 0.0672 e. The van der Waals surface area contributed by atoms with Gasteiger partial charge in [-0.2, -0.15) is 5.10 Å². The lowest BCUT2D eigenvalue weighted by Crippen LogP contribution is -2.07. The second-order valence-corrected chi connectivity index (χ2v) is 5.06. The van der Waals surface area contributed by atoms with Gasteiger partial charge in [0.05, 0.1) is 23.1 Å². The smallest absolute Gasteiger partial charge is 0.0672 e. The number of benzene rings is 2. The van der Waals surface area contributed by atoms with Crippen LogP contribution in [-0.2, 0) is 6.42 Å². The number of nitrogens with zero attached hydrogens (tertiary/aromatic N) is 1. The van der Waals surface area contributed by atoms with Gasteiger partial charge in [0.15, 0.2) is 0 Å². The Morgan fingerprint density at radius 2 is 2.15 bits per heavy atom. The van der Waals surface area contributed by atoms with E-state index in [0.29, 0.717) is 0 Å². The number of aryl methyl sites for hydroxylation is 1. The van der Waals surface area contributed by atoms with Crippen LogP contribution in [0.4, 0.5) is 11.4 Å². The quantitative estimate of drug-likeness (QED) is 0.636. The fourth-order valence-corrected chi connectivity index (χ4v) is 2.37. The minimum absolute atomic E-state index is 0.753. The van der Waals surface area contributed by atoms with Gasteiger partial charge in [-0.25, -0.2) is 0 Å². The van der Waals surface area contributed by atoms with Crippen molar-refractivity contribution in [3.63, 3.8) is 0 Å². The molecule has 1 aromatic heterocycles. The van der Waals surface area contributed by atoms with Crippen molar-refractivity contribution in [1.29, 1.82) is 0 Å². The molecule has 0 saturated heterocycles. The molecule has 4 heteroatoms. The number of rotatable bonds is 4. The number of fused-ring (bicyclic) bond motifs is 1. The number of anilines is 2. The van der Waals surface area contributed by atoms with E-state index in [-0.39, 0.29) is 0 Å². The lowest BCUT2D eigenvalue weighted by Gasteiger charge is -2.10. The first-order valence-electron chi connectivity index (χ1n) is 6.74. The van der Waals surface area contributed by atoms with Gasteiger partial charge < -0.3 is 11.1 Å². The lowest BCUT2D eigenvalue weighted by molar-refractivity contribution is 1.02. The highest BCUT2D eigenvalue weighted by Gasteiger charge is 2.03. The Morgan fingerprint density at radius 1 is 1.25 bits per heavy atom. The highest BCUT2D eigenvalue weighted by Crippen LogP contribution is 2.24. The van der Waals surface area contributed by atoms with Gasteiger partial charge in [0.25, 0.3) is 0 Å². The molecule has 0 aliphatic heterocycles. The van der Waals surface area contributed by atoms with E-state index in [2.05, 4.69) is 46.7 Å². The minimum atomic E-state index is 0.753. The van der Waals surface area contributed by atoms with Gasteiger partial charge in [-0.1, -0.05) is 29.8 Å². The molecule has 0 aliphatic rings. The normalized spacial score (nSPS) is 10.8. The van der Waals surface area contributed by atoms with Crippen molar-refractivity contribution in [2.75, 3.05) is 17.6 Å². The van der Waals surface area contributed by atoms with Gasteiger partial charge in [-0.3, -0.25) is 5.10 Å². The molecule has 1 heterocycles. The van der Waals surface area contributed by atoms with Crippen molar-refractivity contribution in [3.05, 3.63) is 53.7 Å². The molecule has 0 fully saturated rings. The third-order valence-corrected chi connectivity index (χ3v) is 3.42. The van der Waals surface area contributed by atoms with Gasteiger partial charge in [0.2, 0.25) is 0 Å². The van der Waals surface area contributed by atoms with Crippen LogP contribution in [-0.4, -0.2) is 16.7 Å². The van der Waals surface area contributed by atoms with E-state index in [1.165, 1.54) is 11.1 Å². The summed E-state index contributed by atoms with van der Waals surface area (Å²) in [5.41, 5.74) is 11.4. The first-order chi connectivity index (χ1) is 9.72. The second-order valence-electron chi connectivity index (χ2n) is 5.06. The van der Waals surface area contributed by atoms with E-state index in [4.69, 9.17) is 5.73 Å². The van der Waals surface area contributed by atoms with Crippen molar-refractivity contribution in [2.45, 2.75) is 13.3 Å². The summed E-state index contributed by atoms with van der Waals surface area (Å²) in [6, 6.07) is 12.5. The SMILES string of the molecule is Cc1cccc(CCNc2cc3[nH]ncc3cc2N)c1. The summed E-state index contributed by atoms with van der Waals surface area (Å²) in [6.45, 7) is 2.97. The average Bonchev–Trinajstić information content (AvgIpc) is 2.86. The van der Waals surface area contributed by atoms with Crippen molar-refractivity contribution in [3.8, 4) is 0 Å². The largest absolute Gasteiger partial charge is 0.397 e. The Balaban J connectivity index is 1.69. The van der Waals surface area contributed by atoms with E-state index in [9.17, 15) is 0 Å². The summed E-state index contributed by atoms with van der Waals surface area (Å²) < 4.78 is 0. The van der Waals surface area contributed by atoms with Crippen molar-refractivity contribution in [1.82, 2.24) is 10.2 Å². The molecule has 3 aromatic rings. The van der Waals surface area contributed by atoms with Gasteiger partial charge >= 0.3 is 0 Å². The first-order valence-corrected chi connectivity index (χ1v) is 6.74. The van der Waals surface area contributed by atoms with Crippen molar-refractivity contribution in [2.24, 2.45) is 0 Å². The average molecular weight is 266 g/mol. The minimum Gasteiger partial charge on any atom is -0.397 e. The molecule has 0 spiro atoms. The second kappa shape index (κ2) is 5.25. The number of hydrogen-bond donors (Lipinski definition) is 3. The number of nitrogens with two attached hydrogens (primary N) is 1. The van der Waals surface area contributed by atoms with Crippen molar-refractivity contribution < 1.29 is 0 Å². The Bertz CT molecular complexity index is 730. The summed E-state index contributed by atoms with van der Waals surface area (Å²) in [5.74, 6) is 0. The number of H-pyrrole nitrogens is 1. The molecule has 20 heavy (non-hydrogen) atoms. The predicted octanol–water partition coefficient (Wildman–Crippen LogP) is 3.11. The molecule has 0 atom stereocenters. The molecule has 4 N–H and O–H groups in total. The standard InChI is InChI=1S/C16H18N4/c1-11-3-2-4-12(7-11)5-6-18-16-9-15-13(8-14(16)17)10-19-20-15/h2-4,7-10,18H,5-6,17H2,1H3,(H,19,20). The van der Waals surface area contributed by atoms with E-state index in [1.54, 1.807) is 6.20 Å². The van der Waals surface area contributed by atoms with Crippen LogP contribution in [0.5, 0.6) is 0 Å². The van der Waals surface area contributed by atoms with Crippen LogP contribution in [0.25, 0.3) is 10.9 Å². The molecule has 3 rings (SSSR count). The molecule has 0 bridgehead atoms. The number of nitrogens with one attached hydrogen (secondary N) is 2. The fraction of sp³-hybridized carbons (Fsp3) is 0.188. The van der Waals surface area contributed by atoms with Crippen LogP contribution in [0.2, 0.25) is 0 Å². The summed E-state index contributed by atoms with van der Waals surface area (Å²) in [6.07, 6.45) is 2.75. The predicted molar refractivity (Wildman–Crippen MR) is 83.9 cm³/mol. The molecule has 102 valence electrons. The first kappa shape index (κ1) is 12.5. The molecule has 0 unspecified atom stereocenters.